The van der Waals surface area contributed by atoms with E-state index in [1.807, 2.05) is 6.92 Å². The Morgan fingerprint density at radius 3 is 2.89 bits per heavy atom. The van der Waals surface area contributed by atoms with Crippen molar-refractivity contribution in [3.8, 4) is 0 Å². The maximum atomic E-state index is 12.1. The van der Waals surface area contributed by atoms with Crippen molar-refractivity contribution < 1.29 is 9.90 Å². The standard InChI is InChI=1S/C13H21N3O2/c1-9-7-11(15-14-9)13(18)16(2)8-10-5-3-4-6-12(10)17/h7,10,12,17H,3-6,8H2,1-2H3,(H,14,15). The maximum Gasteiger partial charge on any atom is 0.274 e. The summed E-state index contributed by atoms with van der Waals surface area (Å²) >= 11 is 0. The lowest BCUT2D eigenvalue weighted by atomic mass is 9.86. The molecule has 1 fully saturated rings. The summed E-state index contributed by atoms with van der Waals surface area (Å²) < 4.78 is 0. The van der Waals surface area contributed by atoms with Gasteiger partial charge in [0.25, 0.3) is 5.91 Å². The van der Waals surface area contributed by atoms with E-state index in [0.29, 0.717) is 12.2 Å². The van der Waals surface area contributed by atoms with Gasteiger partial charge >= 0.3 is 0 Å². The first-order valence-electron chi connectivity index (χ1n) is 6.53. The van der Waals surface area contributed by atoms with Crippen molar-refractivity contribution in [2.45, 2.75) is 38.7 Å². The molecule has 18 heavy (non-hydrogen) atoms. The van der Waals surface area contributed by atoms with Crippen LogP contribution in [0.4, 0.5) is 0 Å². The number of aryl methyl sites for hydroxylation is 1. The lowest BCUT2D eigenvalue weighted by molar-refractivity contribution is 0.0448. The molecule has 0 aliphatic heterocycles. The predicted molar refractivity (Wildman–Crippen MR) is 68.3 cm³/mol. The molecule has 1 aliphatic rings. The highest BCUT2D eigenvalue weighted by Crippen LogP contribution is 2.25. The molecule has 1 aliphatic carbocycles. The second-order valence-corrected chi connectivity index (χ2v) is 5.23. The Hall–Kier alpha value is -1.36. The third-order valence-corrected chi connectivity index (χ3v) is 3.65. The van der Waals surface area contributed by atoms with Crippen molar-refractivity contribution in [3.63, 3.8) is 0 Å². The first-order chi connectivity index (χ1) is 8.58. The largest absolute Gasteiger partial charge is 0.393 e. The van der Waals surface area contributed by atoms with Crippen LogP contribution in [-0.2, 0) is 0 Å². The molecule has 2 atom stereocenters. The maximum absolute atomic E-state index is 12.1. The van der Waals surface area contributed by atoms with Gasteiger partial charge in [0.2, 0.25) is 0 Å². The van der Waals surface area contributed by atoms with Crippen molar-refractivity contribution in [1.82, 2.24) is 15.1 Å². The third kappa shape index (κ3) is 2.90. The van der Waals surface area contributed by atoms with Gasteiger partial charge in [-0.25, -0.2) is 0 Å². The average molecular weight is 251 g/mol. The van der Waals surface area contributed by atoms with E-state index in [4.69, 9.17) is 0 Å². The molecule has 0 saturated heterocycles. The molecule has 0 radical (unpaired) electrons. The molecule has 2 rings (SSSR count). The van der Waals surface area contributed by atoms with E-state index >= 15 is 0 Å². The summed E-state index contributed by atoms with van der Waals surface area (Å²) in [6.45, 7) is 2.47. The summed E-state index contributed by atoms with van der Waals surface area (Å²) in [6.07, 6.45) is 3.82. The predicted octanol–water partition coefficient (Wildman–Crippen LogP) is 1.34. The minimum absolute atomic E-state index is 0.0860. The van der Waals surface area contributed by atoms with Crippen LogP contribution in [0, 0.1) is 12.8 Å². The fraction of sp³-hybridized carbons (Fsp3) is 0.692. The second kappa shape index (κ2) is 5.52. The Bertz CT molecular complexity index is 416. The monoisotopic (exact) mass is 251 g/mol. The zero-order valence-corrected chi connectivity index (χ0v) is 11.0. The molecule has 5 nitrogen and oxygen atoms in total. The summed E-state index contributed by atoms with van der Waals surface area (Å²) in [5.74, 6) is 0.116. The Kier molecular flexibility index (Phi) is 4.01. The van der Waals surface area contributed by atoms with E-state index < -0.39 is 0 Å². The lowest BCUT2D eigenvalue weighted by Crippen LogP contribution is -2.38. The van der Waals surface area contributed by atoms with Crippen molar-refractivity contribution in [3.05, 3.63) is 17.5 Å². The molecule has 1 amide bonds. The zero-order valence-electron chi connectivity index (χ0n) is 11.0. The van der Waals surface area contributed by atoms with Crippen molar-refractivity contribution in [2.75, 3.05) is 13.6 Å². The lowest BCUT2D eigenvalue weighted by Gasteiger charge is -2.30. The number of amides is 1. The number of carbonyl (C=O) groups is 1. The van der Waals surface area contributed by atoms with Crippen molar-refractivity contribution in [1.29, 1.82) is 0 Å². The topological polar surface area (TPSA) is 69.2 Å². The molecule has 0 bridgehead atoms. The highest BCUT2D eigenvalue weighted by Gasteiger charge is 2.26. The van der Waals surface area contributed by atoms with Crippen LogP contribution in [0.1, 0.15) is 41.9 Å². The summed E-state index contributed by atoms with van der Waals surface area (Å²) in [4.78, 5) is 13.8. The summed E-state index contributed by atoms with van der Waals surface area (Å²) in [6, 6.07) is 1.75. The van der Waals surface area contributed by atoms with E-state index in [2.05, 4.69) is 10.2 Å². The number of hydrogen-bond acceptors (Lipinski definition) is 3. The van der Waals surface area contributed by atoms with Crippen molar-refractivity contribution in [2.24, 2.45) is 5.92 Å². The van der Waals surface area contributed by atoms with Crippen LogP contribution in [-0.4, -0.2) is 45.8 Å². The number of rotatable bonds is 3. The molecule has 100 valence electrons. The third-order valence-electron chi connectivity index (χ3n) is 3.65. The Morgan fingerprint density at radius 2 is 2.28 bits per heavy atom. The van der Waals surface area contributed by atoms with Gasteiger partial charge in [-0.05, 0) is 25.8 Å². The molecule has 0 spiro atoms. The first kappa shape index (κ1) is 13.1. The Morgan fingerprint density at radius 1 is 1.56 bits per heavy atom. The van der Waals surface area contributed by atoms with Crippen LogP contribution in [0.2, 0.25) is 0 Å². The number of aliphatic hydroxyl groups excluding tert-OH is 1. The minimum Gasteiger partial charge on any atom is -0.393 e. The number of hydrogen-bond donors (Lipinski definition) is 2. The van der Waals surface area contributed by atoms with E-state index in [0.717, 1.165) is 31.4 Å². The average Bonchev–Trinajstić information content (AvgIpc) is 2.78. The van der Waals surface area contributed by atoms with Gasteiger partial charge in [-0.3, -0.25) is 9.89 Å². The van der Waals surface area contributed by atoms with Gasteiger partial charge in [0, 0.05) is 25.2 Å². The second-order valence-electron chi connectivity index (χ2n) is 5.23. The summed E-state index contributed by atoms with van der Waals surface area (Å²) in [7, 11) is 1.77. The fourth-order valence-electron chi connectivity index (χ4n) is 2.56. The normalized spacial score (nSPS) is 23.9. The zero-order chi connectivity index (χ0) is 13.1. The van der Waals surface area contributed by atoms with E-state index in [-0.39, 0.29) is 17.9 Å². The molecule has 1 saturated carbocycles. The number of nitrogens with zero attached hydrogens (tertiary/aromatic N) is 2. The molecule has 2 unspecified atom stereocenters. The van der Waals surface area contributed by atoms with E-state index in [1.165, 1.54) is 0 Å². The highest BCUT2D eigenvalue weighted by molar-refractivity contribution is 5.92. The van der Waals surface area contributed by atoms with Gasteiger partial charge in [0.1, 0.15) is 5.69 Å². The van der Waals surface area contributed by atoms with Crippen molar-refractivity contribution >= 4 is 5.91 Å². The molecule has 0 aromatic carbocycles. The quantitative estimate of drug-likeness (QED) is 0.851. The highest BCUT2D eigenvalue weighted by atomic mass is 16.3. The molecule has 1 aromatic heterocycles. The van der Waals surface area contributed by atoms with Crippen LogP contribution in [0.15, 0.2) is 6.07 Å². The smallest absolute Gasteiger partial charge is 0.274 e. The summed E-state index contributed by atoms with van der Waals surface area (Å²) in [5, 5.41) is 16.7. The Balaban J connectivity index is 1.94. The fourth-order valence-corrected chi connectivity index (χ4v) is 2.56. The van der Waals surface area contributed by atoms with Gasteiger partial charge < -0.3 is 10.0 Å². The van der Waals surface area contributed by atoms with Gasteiger partial charge in [-0.2, -0.15) is 5.10 Å². The van der Waals surface area contributed by atoms with Crippen LogP contribution >= 0.6 is 0 Å². The number of aromatic amines is 1. The van der Waals surface area contributed by atoms with Crippen LogP contribution in [0.5, 0.6) is 0 Å². The van der Waals surface area contributed by atoms with Crippen LogP contribution in [0.3, 0.4) is 0 Å². The molecule has 2 N–H and O–H groups in total. The van der Waals surface area contributed by atoms with Gasteiger partial charge in [-0.1, -0.05) is 12.8 Å². The number of aromatic nitrogens is 2. The summed E-state index contributed by atoms with van der Waals surface area (Å²) in [5.41, 5.74) is 1.32. The van der Waals surface area contributed by atoms with Crippen LogP contribution in [0.25, 0.3) is 0 Å². The molecular weight excluding hydrogens is 230 g/mol. The number of carbonyl (C=O) groups excluding carboxylic acids is 1. The number of aliphatic hydroxyl groups is 1. The Labute approximate surface area is 107 Å². The molecule has 5 heteroatoms. The van der Waals surface area contributed by atoms with E-state index in [1.54, 1.807) is 18.0 Å². The van der Waals surface area contributed by atoms with Gasteiger partial charge in [0.05, 0.1) is 6.10 Å². The molecule has 1 aromatic rings. The van der Waals surface area contributed by atoms with Gasteiger partial charge in [-0.15, -0.1) is 0 Å². The number of nitrogens with one attached hydrogen (secondary N) is 1. The minimum atomic E-state index is -0.269. The van der Waals surface area contributed by atoms with E-state index in [9.17, 15) is 9.90 Å². The van der Waals surface area contributed by atoms with Crippen LogP contribution < -0.4 is 0 Å². The number of H-pyrrole nitrogens is 1. The SMILES string of the molecule is Cc1cc(C(=O)N(C)CC2CCCCC2O)n[nH]1. The first-order valence-corrected chi connectivity index (χ1v) is 6.53. The molecular formula is C13H21N3O2. The molecule has 1 heterocycles. The van der Waals surface area contributed by atoms with Gasteiger partial charge in [0.15, 0.2) is 0 Å².